The maximum atomic E-state index is 13.0. The molecular weight excluding hydrogens is 250 g/mol. The molecule has 1 aliphatic rings. The third kappa shape index (κ3) is 3.09. The van der Waals surface area contributed by atoms with Crippen LogP contribution in [0.2, 0.25) is 0 Å². The molecule has 3 heteroatoms. The maximum Gasteiger partial charge on any atom is 0.160 e. The lowest BCUT2D eigenvalue weighted by Crippen LogP contribution is -2.63. The second-order valence-corrected chi connectivity index (χ2v) is 9.42. The molecule has 0 bridgehead atoms. The standard InChI is InChI=1S/C17H33NO2/c1-14(2,3)12(19)17(10)11-20-13(15(4,5)6)18(17)16(7,8)9/h13H,11H2,1-10H3/t13-,17+/m0/s1. The summed E-state index contributed by atoms with van der Waals surface area (Å²) in [6.45, 7) is 21.5. The smallest absolute Gasteiger partial charge is 0.160 e. The minimum absolute atomic E-state index is 0.0246. The van der Waals surface area contributed by atoms with Crippen LogP contribution in [-0.2, 0) is 9.53 Å². The van der Waals surface area contributed by atoms with Gasteiger partial charge in [0.25, 0.3) is 0 Å². The van der Waals surface area contributed by atoms with Crippen LogP contribution in [0.3, 0.4) is 0 Å². The summed E-state index contributed by atoms with van der Waals surface area (Å²) in [6, 6.07) is 0. The van der Waals surface area contributed by atoms with Crippen molar-refractivity contribution in [2.45, 2.75) is 86.5 Å². The monoisotopic (exact) mass is 283 g/mol. The Kier molecular flexibility index (Phi) is 4.24. The van der Waals surface area contributed by atoms with Crippen LogP contribution in [0.5, 0.6) is 0 Å². The van der Waals surface area contributed by atoms with Gasteiger partial charge in [-0.25, -0.2) is 0 Å². The Morgan fingerprint density at radius 3 is 1.80 bits per heavy atom. The predicted octanol–water partition coefficient (Wildman–Crippen LogP) is 3.86. The van der Waals surface area contributed by atoms with Crippen molar-refractivity contribution in [1.82, 2.24) is 4.90 Å². The first-order valence-corrected chi connectivity index (χ1v) is 7.58. The van der Waals surface area contributed by atoms with E-state index < -0.39 is 5.54 Å². The van der Waals surface area contributed by atoms with Crippen molar-refractivity contribution >= 4 is 5.78 Å². The highest BCUT2D eigenvalue weighted by atomic mass is 16.5. The number of rotatable bonds is 1. The zero-order valence-electron chi connectivity index (χ0n) is 15.0. The van der Waals surface area contributed by atoms with Gasteiger partial charge in [-0.15, -0.1) is 0 Å². The van der Waals surface area contributed by atoms with Gasteiger partial charge in [-0.1, -0.05) is 41.5 Å². The molecule has 2 atom stereocenters. The van der Waals surface area contributed by atoms with E-state index in [1.165, 1.54) is 0 Å². The molecule has 0 N–H and O–H groups in total. The van der Waals surface area contributed by atoms with Gasteiger partial charge in [0.2, 0.25) is 0 Å². The second kappa shape index (κ2) is 4.81. The molecule has 0 aromatic rings. The molecule has 20 heavy (non-hydrogen) atoms. The molecule has 0 radical (unpaired) electrons. The van der Waals surface area contributed by atoms with Crippen molar-refractivity contribution < 1.29 is 9.53 Å². The first-order valence-electron chi connectivity index (χ1n) is 7.58. The predicted molar refractivity (Wildman–Crippen MR) is 83.7 cm³/mol. The number of Topliss-reactive ketones (excluding diaryl/α,β-unsaturated/α-hetero) is 1. The summed E-state index contributed by atoms with van der Waals surface area (Å²) in [5.41, 5.74) is -1.07. The van der Waals surface area contributed by atoms with E-state index >= 15 is 0 Å². The molecule has 1 aliphatic heterocycles. The molecular formula is C17H33NO2. The van der Waals surface area contributed by atoms with Crippen LogP contribution < -0.4 is 0 Å². The van der Waals surface area contributed by atoms with E-state index in [1.54, 1.807) is 0 Å². The van der Waals surface area contributed by atoms with E-state index in [4.69, 9.17) is 4.74 Å². The highest BCUT2D eigenvalue weighted by Gasteiger charge is 2.57. The minimum atomic E-state index is -0.561. The molecule has 3 nitrogen and oxygen atoms in total. The van der Waals surface area contributed by atoms with Gasteiger partial charge in [-0.2, -0.15) is 0 Å². The summed E-state index contributed by atoms with van der Waals surface area (Å²) in [5, 5.41) is 0. The molecule has 1 saturated heterocycles. The van der Waals surface area contributed by atoms with Crippen LogP contribution in [0.1, 0.15) is 69.2 Å². The molecule has 0 unspecified atom stereocenters. The molecule has 1 rings (SSSR count). The average Bonchev–Trinajstić information content (AvgIpc) is 2.53. The summed E-state index contributed by atoms with van der Waals surface area (Å²) in [7, 11) is 0. The lowest BCUT2D eigenvalue weighted by atomic mass is 9.76. The maximum absolute atomic E-state index is 13.0. The van der Waals surface area contributed by atoms with Crippen molar-refractivity contribution in [2.75, 3.05) is 6.61 Å². The second-order valence-electron chi connectivity index (χ2n) is 9.42. The summed E-state index contributed by atoms with van der Waals surface area (Å²) in [5.74, 6) is 0.256. The van der Waals surface area contributed by atoms with E-state index in [-0.39, 0.29) is 28.4 Å². The van der Waals surface area contributed by atoms with Gasteiger partial charge in [0.1, 0.15) is 11.8 Å². The third-order valence-electron chi connectivity index (χ3n) is 3.92. The van der Waals surface area contributed by atoms with Gasteiger partial charge in [-0.3, -0.25) is 9.69 Å². The molecule has 0 aromatic heterocycles. The number of ether oxygens (including phenoxy) is 1. The quantitative estimate of drug-likeness (QED) is 0.732. The Bertz CT molecular complexity index is 381. The van der Waals surface area contributed by atoms with Crippen LogP contribution in [0.15, 0.2) is 0 Å². The Labute approximate surface area is 125 Å². The summed E-state index contributed by atoms with van der Waals surface area (Å²) < 4.78 is 6.09. The van der Waals surface area contributed by atoms with E-state index in [0.29, 0.717) is 6.61 Å². The van der Waals surface area contributed by atoms with Gasteiger partial charge < -0.3 is 4.74 Å². The fraction of sp³-hybridized carbons (Fsp3) is 0.941. The van der Waals surface area contributed by atoms with E-state index in [1.807, 2.05) is 27.7 Å². The van der Waals surface area contributed by atoms with Crippen LogP contribution in [0.25, 0.3) is 0 Å². The SMILES string of the molecule is CC(C)(C)C(=O)[C@@]1(C)CO[C@@H](C(C)(C)C)N1C(C)(C)C. The molecule has 118 valence electrons. The minimum Gasteiger partial charge on any atom is -0.360 e. The van der Waals surface area contributed by atoms with Crippen molar-refractivity contribution in [3.63, 3.8) is 0 Å². The zero-order chi connectivity index (χ0) is 16.1. The normalized spacial score (nSPS) is 29.8. The van der Waals surface area contributed by atoms with E-state index in [0.717, 1.165) is 0 Å². The summed E-state index contributed by atoms with van der Waals surface area (Å²) in [6.07, 6.45) is -0.0428. The first kappa shape index (κ1) is 17.6. The molecule has 0 amide bonds. The van der Waals surface area contributed by atoms with Crippen LogP contribution >= 0.6 is 0 Å². The fourth-order valence-corrected chi connectivity index (χ4v) is 3.36. The fourth-order valence-electron chi connectivity index (χ4n) is 3.36. The summed E-state index contributed by atoms with van der Waals surface area (Å²) in [4.78, 5) is 15.3. The largest absolute Gasteiger partial charge is 0.360 e. The first-order chi connectivity index (χ1) is 8.62. The van der Waals surface area contributed by atoms with Crippen molar-refractivity contribution in [1.29, 1.82) is 0 Å². The van der Waals surface area contributed by atoms with Gasteiger partial charge in [0, 0.05) is 16.4 Å². The number of nitrogens with zero attached hydrogens (tertiary/aromatic N) is 1. The Morgan fingerprint density at radius 1 is 1.05 bits per heavy atom. The van der Waals surface area contributed by atoms with E-state index in [9.17, 15) is 4.79 Å². The van der Waals surface area contributed by atoms with Crippen molar-refractivity contribution in [2.24, 2.45) is 10.8 Å². The zero-order valence-corrected chi connectivity index (χ0v) is 15.0. The topological polar surface area (TPSA) is 29.5 Å². The number of carbonyl (C=O) groups is 1. The molecule has 1 fully saturated rings. The number of ketones is 1. The lowest BCUT2D eigenvalue weighted by Gasteiger charge is -2.49. The van der Waals surface area contributed by atoms with Crippen molar-refractivity contribution in [3.8, 4) is 0 Å². The Hall–Kier alpha value is -0.410. The van der Waals surface area contributed by atoms with Gasteiger partial charge >= 0.3 is 0 Å². The third-order valence-corrected chi connectivity index (χ3v) is 3.92. The molecule has 0 aliphatic carbocycles. The van der Waals surface area contributed by atoms with Gasteiger partial charge in [0.05, 0.1) is 6.61 Å². The highest BCUT2D eigenvalue weighted by molar-refractivity contribution is 5.93. The number of hydrogen-bond acceptors (Lipinski definition) is 3. The Morgan fingerprint density at radius 2 is 1.50 bits per heavy atom. The van der Waals surface area contributed by atoms with Crippen LogP contribution in [0, 0.1) is 10.8 Å². The lowest BCUT2D eigenvalue weighted by molar-refractivity contribution is -0.144. The highest BCUT2D eigenvalue weighted by Crippen LogP contribution is 2.44. The molecule has 1 heterocycles. The Balaban J connectivity index is 3.31. The summed E-state index contributed by atoms with van der Waals surface area (Å²) >= 11 is 0. The molecule has 0 spiro atoms. The van der Waals surface area contributed by atoms with E-state index in [2.05, 4.69) is 46.4 Å². The van der Waals surface area contributed by atoms with Crippen LogP contribution in [-0.4, -0.2) is 34.6 Å². The van der Waals surface area contributed by atoms with Gasteiger partial charge in [-0.05, 0) is 27.7 Å². The number of carbonyl (C=O) groups excluding carboxylic acids is 1. The van der Waals surface area contributed by atoms with Gasteiger partial charge in [0.15, 0.2) is 5.78 Å². The molecule has 0 aromatic carbocycles. The number of hydrogen-bond donors (Lipinski definition) is 0. The van der Waals surface area contributed by atoms with Crippen LogP contribution in [0.4, 0.5) is 0 Å². The molecule has 0 saturated carbocycles. The van der Waals surface area contributed by atoms with Crippen molar-refractivity contribution in [3.05, 3.63) is 0 Å². The average molecular weight is 283 g/mol.